The quantitative estimate of drug-likeness (QED) is 0.787. The molecule has 0 radical (unpaired) electrons. The normalized spacial score (nSPS) is 26.9. The molecule has 94 valence electrons. The van der Waals surface area contributed by atoms with Crippen LogP contribution in [0.1, 0.15) is 33.6 Å². The molecular formula is C12H24N2O2. The third kappa shape index (κ3) is 3.19. The van der Waals surface area contributed by atoms with Crippen molar-refractivity contribution < 1.29 is 9.90 Å². The Morgan fingerprint density at radius 1 is 1.50 bits per heavy atom. The van der Waals surface area contributed by atoms with Crippen LogP contribution in [0.3, 0.4) is 0 Å². The number of carboxylic acid groups (broad SMARTS) is 1. The molecule has 0 amide bonds. The Labute approximate surface area is 98.2 Å². The maximum absolute atomic E-state index is 10.6. The highest BCUT2D eigenvalue weighted by Crippen LogP contribution is 2.26. The van der Waals surface area contributed by atoms with Gasteiger partial charge in [0.05, 0.1) is 0 Å². The van der Waals surface area contributed by atoms with Crippen LogP contribution in [-0.2, 0) is 4.79 Å². The van der Waals surface area contributed by atoms with E-state index in [1.54, 1.807) is 0 Å². The lowest BCUT2D eigenvalue weighted by Crippen LogP contribution is -2.62. The molecule has 0 aliphatic carbocycles. The van der Waals surface area contributed by atoms with E-state index in [4.69, 9.17) is 5.11 Å². The molecule has 0 spiro atoms. The molecule has 1 heterocycles. The standard InChI is InChI=1S/C12H24N2O2/c1-5-14-10(6-7-11(15)16)8-13(4)9-12(14,2)3/h10H,5-9H2,1-4H3,(H,15,16). The van der Waals surface area contributed by atoms with Crippen LogP contribution in [0.2, 0.25) is 0 Å². The van der Waals surface area contributed by atoms with Crippen LogP contribution in [0.5, 0.6) is 0 Å². The Hall–Kier alpha value is -0.610. The van der Waals surface area contributed by atoms with Crippen molar-refractivity contribution in [2.75, 3.05) is 26.7 Å². The fourth-order valence-electron chi connectivity index (χ4n) is 2.99. The highest BCUT2D eigenvalue weighted by atomic mass is 16.4. The van der Waals surface area contributed by atoms with Crippen molar-refractivity contribution in [1.29, 1.82) is 0 Å². The molecule has 1 rings (SSSR count). The van der Waals surface area contributed by atoms with Gasteiger partial charge in [0.1, 0.15) is 0 Å². The van der Waals surface area contributed by atoms with Crippen molar-refractivity contribution in [2.45, 2.75) is 45.2 Å². The zero-order chi connectivity index (χ0) is 12.3. The smallest absolute Gasteiger partial charge is 0.303 e. The van der Waals surface area contributed by atoms with Crippen LogP contribution in [0.25, 0.3) is 0 Å². The molecule has 0 aromatic rings. The van der Waals surface area contributed by atoms with Crippen LogP contribution in [0.4, 0.5) is 0 Å². The highest BCUT2D eigenvalue weighted by molar-refractivity contribution is 5.66. The third-order valence-corrected chi connectivity index (χ3v) is 3.43. The summed E-state index contributed by atoms with van der Waals surface area (Å²) in [6, 6.07) is 0.370. The molecule has 1 aliphatic heterocycles. The Kier molecular flexibility index (Phi) is 4.33. The van der Waals surface area contributed by atoms with E-state index in [-0.39, 0.29) is 12.0 Å². The van der Waals surface area contributed by atoms with Gasteiger partial charge in [-0.25, -0.2) is 0 Å². The summed E-state index contributed by atoms with van der Waals surface area (Å²) in [7, 11) is 2.11. The fourth-order valence-corrected chi connectivity index (χ4v) is 2.99. The Morgan fingerprint density at radius 2 is 2.12 bits per heavy atom. The number of nitrogens with zero attached hydrogens (tertiary/aromatic N) is 2. The van der Waals surface area contributed by atoms with Crippen molar-refractivity contribution in [3.63, 3.8) is 0 Å². The van der Waals surface area contributed by atoms with Crippen molar-refractivity contribution in [2.24, 2.45) is 0 Å². The van der Waals surface area contributed by atoms with Gasteiger partial charge in [0.2, 0.25) is 0 Å². The minimum atomic E-state index is -0.693. The first-order valence-electron chi connectivity index (χ1n) is 6.04. The van der Waals surface area contributed by atoms with Crippen LogP contribution in [0, 0.1) is 0 Å². The SMILES string of the molecule is CCN1C(CCC(=O)O)CN(C)CC1(C)C. The number of aliphatic carboxylic acids is 1. The first-order chi connectivity index (χ1) is 7.36. The van der Waals surface area contributed by atoms with Gasteiger partial charge in [-0.1, -0.05) is 6.92 Å². The van der Waals surface area contributed by atoms with Crippen molar-refractivity contribution >= 4 is 5.97 Å². The van der Waals surface area contributed by atoms with E-state index in [1.165, 1.54) is 0 Å². The third-order valence-electron chi connectivity index (χ3n) is 3.43. The lowest BCUT2D eigenvalue weighted by atomic mass is 9.93. The van der Waals surface area contributed by atoms with Gasteiger partial charge in [-0.3, -0.25) is 9.69 Å². The molecule has 1 fully saturated rings. The van der Waals surface area contributed by atoms with E-state index < -0.39 is 5.97 Å². The van der Waals surface area contributed by atoms with Crippen molar-refractivity contribution in [1.82, 2.24) is 9.80 Å². The maximum atomic E-state index is 10.6. The molecule has 0 aromatic carbocycles. The Morgan fingerprint density at radius 3 is 2.62 bits per heavy atom. The number of piperazine rings is 1. The van der Waals surface area contributed by atoms with Gasteiger partial charge < -0.3 is 10.0 Å². The molecule has 1 aliphatic rings. The molecule has 16 heavy (non-hydrogen) atoms. The Balaban J connectivity index is 2.67. The van der Waals surface area contributed by atoms with Gasteiger partial charge in [0.15, 0.2) is 0 Å². The maximum Gasteiger partial charge on any atom is 0.303 e. The number of rotatable bonds is 4. The van der Waals surface area contributed by atoms with E-state index in [0.717, 1.165) is 26.1 Å². The lowest BCUT2D eigenvalue weighted by Gasteiger charge is -2.51. The van der Waals surface area contributed by atoms with Crippen LogP contribution in [0.15, 0.2) is 0 Å². The first kappa shape index (κ1) is 13.5. The number of hydrogen-bond donors (Lipinski definition) is 1. The summed E-state index contributed by atoms with van der Waals surface area (Å²) in [6.45, 7) is 9.64. The number of carboxylic acids is 1. The van der Waals surface area contributed by atoms with Gasteiger partial charge in [0, 0.05) is 31.1 Å². The van der Waals surface area contributed by atoms with Crippen LogP contribution in [-0.4, -0.2) is 59.1 Å². The number of hydrogen-bond acceptors (Lipinski definition) is 3. The minimum Gasteiger partial charge on any atom is -0.481 e. The molecule has 1 unspecified atom stereocenters. The summed E-state index contributed by atoms with van der Waals surface area (Å²) < 4.78 is 0. The Bertz CT molecular complexity index is 253. The summed E-state index contributed by atoms with van der Waals surface area (Å²) in [5.74, 6) is -0.693. The summed E-state index contributed by atoms with van der Waals surface area (Å²) >= 11 is 0. The van der Waals surface area contributed by atoms with Gasteiger partial charge in [-0.15, -0.1) is 0 Å². The lowest BCUT2D eigenvalue weighted by molar-refractivity contribution is -0.137. The fraction of sp³-hybridized carbons (Fsp3) is 0.917. The van der Waals surface area contributed by atoms with Crippen LogP contribution >= 0.6 is 0 Å². The second kappa shape index (κ2) is 5.15. The van der Waals surface area contributed by atoms with Gasteiger partial charge in [-0.05, 0) is 33.9 Å². The summed E-state index contributed by atoms with van der Waals surface area (Å²) in [4.78, 5) is 15.4. The first-order valence-corrected chi connectivity index (χ1v) is 6.04. The van der Waals surface area contributed by atoms with E-state index in [0.29, 0.717) is 6.04 Å². The summed E-state index contributed by atoms with van der Waals surface area (Å²) in [5.41, 5.74) is 0.144. The molecule has 4 nitrogen and oxygen atoms in total. The van der Waals surface area contributed by atoms with E-state index >= 15 is 0 Å². The van der Waals surface area contributed by atoms with E-state index in [2.05, 4.69) is 37.6 Å². The zero-order valence-corrected chi connectivity index (χ0v) is 10.9. The predicted octanol–water partition coefficient (Wildman–Crippen LogP) is 1.27. The summed E-state index contributed by atoms with van der Waals surface area (Å²) in [6.07, 6.45) is 1.02. The highest BCUT2D eigenvalue weighted by Gasteiger charge is 2.37. The largest absolute Gasteiger partial charge is 0.481 e. The predicted molar refractivity (Wildman–Crippen MR) is 64.6 cm³/mol. The topological polar surface area (TPSA) is 43.8 Å². The zero-order valence-electron chi connectivity index (χ0n) is 10.9. The van der Waals surface area contributed by atoms with Crippen LogP contribution < -0.4 is 0 Å². The molecule has 1 N–H and O–H groups in total. The monoisotopic (exact) mass is 228 g/mol. The second-order valence-corrected chi connectivity index (χ2v) is 5.38. The molecule has 0 saturated carbocycles. The van der Waals surface area contributed by atoms with Crippen molar-refractivity contribution in [3.05, 3.63) is 0 Å². The van der Waals surface area contributed by atoms with Crippen molar-refractivity contribution in [3.8, 4) is 0 Å². The second-order valence-electron chi connectivity index (χ2n) is 5.38. The number of likely N-dealkylation sites (N-methyl/N-ethyl adjacent to an activating group) is 2. The molecule has 1 atom stereocenters. The molecule has 0 aromatic heterocycles. The van der Waals surface area contributed by atoms with E-state index in [9.17, 15) is 4.79 Å². The van der Waals surface area contributed by atoms with Gasteiger partial charge in [0.25, 0.3) is 0 Å². The average Bonchev–Trinajstić information content (AvgIpc) is 2.12. The van der Waals surface area contributed by atoms with E-state index in [1.807, 2.05) is 0 Å². The average molecular weight is 228 g/mol. The molecule has 1 saturated heterocycles. The minimum absolute atomic E-state index is 0.144. The molecule has 4 heteroatoms. The summed E-state index contributed by atoms with van der Waals surface area (Å²) in [5, 5.41) is 8.77. The van der Waals surface area contributed by atoms with Gasteiger partial charge in [-0.2, -0.15) is 0 Å². The number of carbonyl (C=O) groups is 1. The molecule has 0 bridgehead atoms. The molecular weight excluding hydrogens is 204 g/mol. The van der Waals surface area contributed by atoms with Gasteiger partial charge >= 0.3 is 5.97 Å².